The molecule has 0 saturated heterocycles. The summed E-state index contributed by atoms with van der Waals surface area (Å²) in [5.41, 5.74) is 1.58. The van der Waals surface area contributed by atoms with Crippen molar-refractivity contribution in [3.63, 3.8) is 0 Å². The van der Waals surface area contributed by atoms with Crippen LogP contribution in [0.25, 0.3) is 11.3 Å². The lowest BCUT2D eigenvalue weighted by molar-refractivity contribution is 0.321. The smallest absolute Gasteiger partial charge is 0.323 e. The van der Waals surface area contributed by atoms with Gasteiger partial charge in [-0.2, -0.15) is 0 Å². The lowest BCUT2D eigenvalue weighted by Gasteiger charge is -1.97. The number of nitrogens with one attached hydrogen (secondary N) is 2. The summed E-state index contributed by atoms with van der Waals surface area (Å²) in [6, 6.07) is 9.32. The van der Waals surface area contributed by atoms with Crippen LogP contribution in [0.4, 0.5) is 0 Å². The summed E-state index contributed by atoms with van der Waals surface area (Å²) in [7, 11) is 0. The lowest BCUT2D eigenvalue weighted by Crippen LogP contribution is -2.00. The fourth-order valence-electron chi connectivity index (χ4n) is 1.38. The van der Waals surface area contributed by atoms with Crippen LogP contribution in [0.3, 0.4) is 0 Å². The molecule has 1 aromatic heterocycles. The number of nitrogens with zero attached hydrogens (tertiary/aromatic N) is 1. The van der Waals surface area contributed by atoms with Crippen LogP contribution >= 0.6 is 0 Å². The second-order valence-electron chi connectivity index (χ2n) is 2.98. The quantitative estimate of drug-likeness (QED) is 0.389. The number of hydrogen-bond donors (Lipinski definition) is 3. The minimum atomic E-state index is -0.330. The second-order valence-corrected chi connectivity index (χ2v) is 2.98. The van der Waals surface area contributed by atoms with E-state index in [2.05, 4.69) is 15.1 Å². The first-order chi connectivity index (χ1) is 7.31. The largest absolute Gasteiger partial charge is 0.411 e. The van der Waals surface area contributed by atoms with Crippen LogP contribution < -0.4 is 5.69 Å². The molecule has 0 aliphatic heterocycles. The van der Waals surface area contributed by atoms with Gasteiger partial charge in [0.2, 0.25) is 0 Å². The molecule has 0 unspecified atom stereocenters. The first kappa shape index (κ1) is 9.26. The van der Waals surface area contributed by atoms with Gasteiger partial charge in [0.25, 0.3) is 0 Å². The summed E-state index contributed by atoms with van der Waals surface area (Å²) in [6.07, 6.45) is 1.18. The zero-order chi connectivity index (χ0) is 10.7. The summed E-state index contributed by atoms with van der Waals surface area (Å²) in [6.45, 7) is 0. The van der Waals surface area contributed by atoms with Crippen LogP contribution in [0.15, 0.2) is 40.3 Å². The van der Waals surface area contributed by atoms with Gasteiger partial charge in [0, 0.05) is 5.56 Å². The highest BCUT2D eigenvalue weighted by Crippen LogP contribution is 2.16. The number of aromatic nitrogens is 2. The molecule has 0 fully saturated rings. The normalized spacial score (nSPS) is 10.9. The van der Waals surface area contributed by atoms with Gasteiger partial charge in [-0.25, -0.2) is 4.79 Å². The lowest BCUT2D eigenvalue weighted by atomic mass is 10.1. The fraction of sp³-hybridized carbons (Fsp3) is 0. The molecule has 0 aliphatic rings. The Bertz CT molecular complexity index is 525. The highest BCUT2D eigenvalue weighted by molar-refractivity contribution is 5.86. The summed E-state index contributed by atoms with van der Waals surface area (Å²) >= 11 is 0. The Morgan fingerprint density at radius 1 is 1.20 bits per heavy atom. The highest BCUT2D eigenvalue weighted by Gasteiger charge is 2.06. The Labute approximate surface area is 85.1 Å². The molecule has 0 atom stereocenters. The predicted octanol–water partition coefficient (Wildman–Crippen LogP) is 1.18. The molecule has 2 aromatic rings. The number of oxime groups is 1. The number of aromatic amines is 2. The standard InChI is InChI=1S/C10H9N3O2/c14-10-12-8(6-11-15)9(13-10)7-4-2-1-3-5-7/h1-6,15H,(H2,12,13,14)/b11-6-. The van der Waals surface area contributed by atoms with E-state index in [9.17, 15) is 4.79 Å². The van der Waals surface area contributed by atoms with Crippen molar-refractivity contribution in [2.75, 3.05) is 0 Å². The van der Waals surface area contributed by atoms with Crippen LogP contribution in [0.1, 0.15) is 5.69 Å². The number of hydrogen-bond acceptors (Lipinski definition) is 3. The predicted molar refractivity (Wildman–Crippen MR) is 56.2 cm³/mol. The van der Waals surface area contributed by atoms with E-state index < -0.39 is 0 Å². The van der Waals surface area contributed by atoms with Crippen molar-refractivity contribution in [1.29, 1.82) is 0 Å². The monoisotopic (exact) mass is 203 g/mol. The Kier molecular flexibility index (Phi) is 2.37. The molecule has 5 heteroatoms. The fourth-order valence-corrected chi connectivity index (χ4v) is 1.38. The van der Waals surface area contributed by atoms with E-state index in [1.54, 1.807) is 0 Å². The molecule has 0 radical (unpaired) electrons. The van der Waals surface area contributed by atoms with Crippen molar-refractivity contribution in [2.45, 2.75) is 0 Å². The average Bonchev–Trinajstić information content (AvgIpc) is 2.62. The van der Waals surface area contributed by atoms with E-state index in [0.29, 0.717) is 11.4 Å². The van der Waals surface area contributed by atoms with Gasteiger partial charge in [0.15, 0.2) is 0 Å². The van der Waals surface area contributed by atoms with E-state index in [1.807, 2.05) is 30.3 Å². The molecule has 1 heterocycles. The third-order valence-electron chi connectivity index (χ3n) is 2.01. The molecule has 0 amide bonds. The number of rotatable bonds is 2. The Morgan fingerprint density at radius 3 is 2.60 bits per heavy atom. The van der Waals surface area contributed by atoms with E-state index >= 15 is 0 Å². The maximum Gasteiger partial charge on any atom is 0.323 e. The molecule has 0 saturated carbocycles. The number of imidazole rings is 1. The van der Waals surface area contributed by atoms with Crippen molar-refractivity contribution in [3.05, 3.63) is 46.5 Å². The van der Waals surface area contributed by atoms with Crippen molar-refractivity contribution >= 4 is 6.21 Å². The summed E-state index contributed by atoms with van der Waals surface area (Å²) < 4.78 is 0. The van der Waals surface area contributed by atoms with Gasteiger partial charge >= 0.3 is 5.69 Å². The zero-order valence-corrected chi connectivity index (χ0v) is 7.77. The van der Waals surface area contributed by atoms with Crippen LogP contribution in [0.2, 0.25) is 0 Å². The summed E-state index contributed by atoms with van der Waals surface area (Å²) in [4.78, 5) is 16.3. The zero-order valence-electron chi connectivity index (χ0n) is 7.77. The molecule has 2 rings (SSSR count). The number of H-pyrrole nitrogens is 2. The SMILES string of the molecule is O=c1[nH]c(/C=N\O)c(-c2ccccc2)[nH]1. The molecule has 15 heavy (non-hydrogen) atoms. The van der Waals surface area contributed by atoms with Gasteiger partial charge in [-0.15, -0.1) is 0 Å². The van der Waals surface area contributed by atoms with E-state index in [-0.39, 0.29) is 5.69 Å². The topological polar surface area (TPSA) is 81.2 Å². The number of benzene rings is 1. The van der Waals surface area contributed by atoms with Crippen LogP contribution in [-0.4, -0.2) is 21.4 Å². The second kappa shape index (κ2) is 3.83. The molecule has 0 aliphatic carbocycles. The Hall–Kier alpha value is -2.30. The van der Waals surface area contributed by atoms with E-state index in [0.717, 1.165) is 5.56 Å². The molecule has 3 N–H and O–H groups in total. The van der Waals surface area contributed by atoms with Crippen LogP contribution in [0.5, 0.6) is 0 Å². The molecular weight excluding hydrogens is 194 g/mol. The molecule has 76 valence electrons. The third-order valence-corrected chi connectivity index (χ3v) is 2.01. The molecular formula is C10H9N3O2. The maximum absolute atomic E-state index is 11.1. The maximum atomic E-state index is 11.1. The molecule has 1 aromatic carbocycles. The van der Waals surface area contributed by atoms with Crippen LogP contribution in [-0.2, 0) is 0 Å². The van der Waals surface area contributed by atoms with Gasteiger partial charge in [-0.05, 0) is 0 Å². The third kappa shape index (κ3) is 1.80. The van der Waals surface area contributed by atoms with Crippen molar-refractivity contribution < 1.29 is 5.21 Å². The average molecular weight is 203 g/mol. The van der Waals surface area contributed by atoms with Crippen molar-refractivity contribution in [2.24, 2.45) is 5.16 Å². The molecule has 5 nitrogen and oxygen atoms in total. The van der Waals surface area contributed by atoms with Gasteiger partial charge in [-0.3, -0.25) is 0 Å². The van der Waals surface area contributed by atoms with Gasteiger partial charge in [0.1, 0.15) is 0 Å². The minimum absolute atomic E-state index is 0.330. The highest BCUT2D eigenvalue weighted by atomic mass is 16.4. The van der Waals surface area contributed by atoms with E-state index in [1.165, 1.54) is 6.21 Å². The first-order valence-electron chi connectivity index (χ1n) is 4.36. The van der Waals surface area contributed by atoms with Crippen molar-refractivity contribution in [1.82, 2.24) is 9.97 Å². The van der Waals surface area contributed by atoms with Gasteiger partial charge < -0.3 is 15.2 Å². The van der Waals surface area contributed by atoms with E-state index in [4.69, 9.17) is 5.21 Å². The summed E-state index contributed by atoms with van der Waals surface area (Å²) in [5, 5.41) is 11.3. The molecule has 0 spiro atoms. The first-order valence-corrected chi connectivity index (χ1v) is 4.36. The minimum Gasteiger partial charge on any atom is -0.411 e. The molecule has 0 bridgehead atoms. The van der Waals surface area contributed by atoms with Crippen molar-refractivity contribution in [3.8, 4) is 11.3 Å². The Balaban J connectivity index is 2.57. The van der Waals surface area contributed by atoms with Gasteiger partial charge in [0.05, 0.1) is 17.6 Å². The van der Waals surface area contributed by atoms with Crippen LogP contribution in [0, 0.1) is 0 Å². The summed E-state index contributed by atoms with van der Waals surface area (Å²) in [5.74, 6) is 0. The Morgan fingerprint density at radius 2 is 1.93 bits per heavy atom. The van der Waals surface area contributed by atoms with Gasteiger partial charge in [-0.1, -0.05) is 35.5 Å².